The van der Waals surface area contributed by atoms with Crippen LogP contribution >= 0.6 is 22.6 Å². The first-order valence-electron chi connectivity index (χ1n) is 5.02. The summed E-state index contributed by atoms with van der Waals surface area (Å²) in [6.07, 6.45) is 3.33. The van der Waals surface area contributed by atoms with Crippen LogP contribution in [0.15, 0.2) is 41.8 Å². The molecule has 0 N–H and O–H groups in total. The van der Waals surface area contributed by atoms with Gasteiger partial charge in [0.2, 0.25) is 0 Å². The number of rotatable bonds is 4. The minimum atomic E-state index is 0.292. The Labute approximate surface area is 117 Å². The van der Waals surface area contributed by atoms with Crippen LogP contribution in [0.5, 0.6) is 17.2 Å². The zero-order valence-electron chi connectivity index (χ0n) is 9.46. The van der Waals surface area contributed by atoms with E-state index in [0.29, 0.717) is 22.9 Å². The molecule has 5 nitrogen and oxygen atoms in total. The summed E-state index contributed by atoms with van der Waals surface area (Å²) in [4.78, 5) is 14.5. The number of halogens is 1. The summed E-state index contributed by atoms with van der Waals surface area (Å²) >= 11 is 2.15. The first-order valence-corrected chi connectivity index (χ1v) is 6.10. The van der Waals surface area contributed by atoms with Crippen LogP contribution < -0.4 is 9.47 Å². The molecular weight excluding hydrogens is 347 g/mol. The van der Waals surface area contributed by atoms with Crippen molar-refractivity contribution in [1.82, 2.24) is 4.98 Å². The van der Waals surface area contributed by atoms with Crippen molar-refractivity contribution < 1.29 is 9.47 Å². The van der Waals surface area contributed by atoms with Crippen LogP contribution in [0.3, 0.4) is 0 Å². The molecular formula is C12H9IN2O3. The summed E-state index contributed by atoms with van der Waals surface area (Å²) in [6, 6.07) is 6.56. The zero-order chi connectivity index (χ0) is 13.0. The van der Waals surface area contributed by atoms with Crippen LogP contribution in [0.1, 0.15) is 0 Å². The highest BCUT2D eigenvalue weighted by Crippen LogP contribution is 2.34. The van der Waals surface area contributed by atoms with Crippen LogP contribution in [0.2, 0.25) is 0 Å². The maximum Gasteiger partial charge on any atom is 0.169 e. The number of aromatic nitrogens is 1. The van der Waals surface area contributed by atoms with E-state index in [1.54, 1.807) is 24.5 Å². The average molecular weight is 356 g/mol. The standard InChI is InChI=1S/C12H9IN2O3/c1-17-12-5-9(15-16)2-3-11(12)18-10-4-8(13)6-14-7-10/h2-7H,1H3. The quantitative estimate of drug-likeness (QED) is 0.616. The Kier molecular flexibility index (Phi) is 4.08. The molecule has 1 aromatic heterocycles. The SMILES string of the molecule is COc1cc(N=O)ccc1Oc1cncc(I)c1. The van der Waals surface area contributed by atoms with Crippen LogP contribution in [0, 0.1) is 8.48 Å². The van der Waals surface area contributed by atoms with Crippen molar-refractivity contribution >= 4 is 28.3 Å². The number of benzene rings is 1. The predicted molar refractivity (Wildman–Crippen MR) is 75.5 cm³/mol. The maximum atomic E-state index is 10.4. The van der Waals surface area contributed by atoms with Crippen LogP contribution in [0.25, 0.3) is 0 Å². The molecule has 92 valence electrons. The summed E-state index contributed by atoms with van der Waals surface area (Å²) in [5, 5.41) is 2.84. The molecule has 0 unspecified atom stereocenters. The average Bonchev–Trinajstić information content (AvgIpc) is 2.39. The van der Waals surface area contributed by atoms with E-state index in [9.17, 15) is 4.91 Å². The van der Waals surface area contributed by atoms with Gasteiger partial charge in [-0.25, -0.2) is 0 Å². The number of nitroso groups, excluding NO2 is 1. The molecule has 0 spiro atoms. The molecule has 0 radical (unpaired) electrons. The second-order valence-electron chi connectivity index (χ2n) is 3.37. The first kappa shape index (κ1) is 12.7. The number of ether oxygens (including phenoxy) is 2. The Morgan fingerprint density at radius 1 is 1.22 bits per heavy atom. The van der Waals surface area contributed by atoms with Gasteiger partial charge in [-0.1, -0.05) is 0 Å². The van der Waals surface area contributed by atoms with Crippen LogP contribution in [-0.4, -0.2) is 12.1 Å². The molecule has 0 bridgehead atoms. The number of methoxy groups -OCH3 is 1. The van der Waals surface area contributed by atoms with Crippen LogP contribution in [-0.2, 0) is 0 Å². The molecule has 2 rings (SSSR count). The van der Waals surface area contributed by atoms with Gasteiger partial charge in [-0.3, -0.25) is 4.98 Å². The molecule has 0 fully saturated rings. The van der Waals surface area contributed by atoms with Gasteiger partial charge in [0.15, 0.2) is 11.5 Å². The summed E-state index contributed by atoms with van der Waals surface area (Å²) in [6.45, 7) is 0. The monoisotopic (exact) mass is 356 g/mol. The minimum Gasteiger partial charge on any atom is -0.493 e. The van der Waals surface area contributed by atoms with E-state index in [1.807, 2.05) is 6.07 Å². The Morgan fingerprint density at radius 3 is 2.72 bits per heavy atom. The van der Waals surface area contributed by atoms with Gasteiger partial charge in [0.25, 0.3) is 0 Å². The third-order valence-electron chi connectivity index (χ3n) is 2.16. The molecule has 2 aromatic rings. The predicted octanol–water partition coefficient (Wildman–Crippen LogP) is 3.89. The Balaban J connectivity index is 2.31. The lowest BCUT2D eigenvalue weighted by molar-refractivity contribution is 0.378. The molecule has 0 saturated carbocycles. The summed E-state index contributed by atoms with van der Waals surface area (Å²) in [5.41, 5.74) is 0.292. The molecule has 1 aromatic carbocycles. The Bertz CT molecular complexity index is 575. The fraction of sp³-hybridized carbons (Fsp3) is 0.0833. The number of pyridine rings is 1. The van der Waals surface area contributed by atoms with Crippen molar-refractivity contribution in [2.24, 2.45) is 5.18 Å². The van der Waals surface area contributed by atoms with E-state index in [-0.39, 0.29) is 0 Å². The Hall–Kier alpha value is -1.70. The lowest BCUT2D eigenvalue weighted by Crippen LogP contribution is -1.91. The highest BCUT2D eigenvalue weighted by atomic mass is 127. The second kappa shape index (κ2) is 5.76. The third kappa shape index (κ3) is 2.95. The molecule has 6 heteroatoms. The van der Waals surface area contributed by atoms with Gasteiger partial charge >= 0.3 is 0 Å². The highest BCUT2D eigenvalue weighted by Gasteiger charge is 2.07. The van der Waals surface area contributed by atoms with Gasteiger partial charge in [-0.15, -0.1) is 4.91 Å². The van der Waals surface area contributed by atoms with Crippen molar-refractivity contribution in [2.45, 2.75) is 0 Å². The molecule has 0 saturated heterocycles. The molecule has 0 aliphatic rings. The van der Waals surface area contributed by atoms with Crippen molar-refractivity contribution in [3.05, 3.63) is 45.1 Å². The number of nitrogens with zero attached hydrogens (tertiary/aromatic N) is 2. The van der Waals surface area contributed by atoms with Crippen molar-refractivity contribution in [3.63, 3.8) is 0 Å². The molecule has 1 heterocycles. The van der Waals surface area contributed by atoms with E-state index >= 15 is 0 Å². The lowest BCUT2D eigenvalue weighted by Gasteiger charge is -2.10. The fourth-order valence-corrected chi connectivity index (χ4v) is 1.84. The largest absolute Gasteiger partial charge is 0.493 e. The van der Waals surface area contributed by atoms with Gasteiger partial charge in [0.05, 0.1) is 13.3 Å². The number of hydrogen-bond acceptors (Lipinski definition) is 5. The summed E-state index contributed by atoms with van der Waals surface area (Å²) in [7, 11) is 1.50. The molecule has 0 aliphatic carbocycles. The van der Waals surface area contributed by atoms with Crippen LogP contribution in [0.4, 0.5) is 5.69 Å². The topological polar surface area (TPSA) is 60.8 Å². The van der Waals surface area contributed by atoms with Gasteiger partial charge in [0.1, 0.15) is 11.4 Å². The van der Waals surface area contributed by atoms with E-state index in [4.69, 9.17) is 9.47 Å². The molecule has 0 atom stereocenters. The fourth-order valence-electron chi connectivity index (χ4n) is 1.37. The Morgan fingerprint density at radius 2 is 2.06 bits per heavy atom. The van der Waals surface area contributed by atoms with Gasteiger partial charge < -0.3 is 9.47 Å². The number of hydrogen-bond donors (Lipinski definition) is 0. The van der Waals surface area contributed by atoms with Gasteiger partial charge in [-0.05, 0) is 46.0 Å². The maximum absolute atomic E-state index is 10.4. The van der Waals surface area contributed by atoms with E-state index in [0.717, 1.165) is 3.57 Å². The second-order valence-corrected chi connectivity index (χ2v) is 4.61. The summed E-state index contributed by atoms with van der Waals surface area (Å²) < 4.78 is 11.8. The van der Waals surface area contributed by atoms with E-state index < -0.39 is 0 Å². The minimum absolute atomic E-state index is 0.292. The third-order valence-corrected chi connectivity index (χ3v) is 2.75. The summed E-state index contributed by atoms with van der Waals surface area (Å²) in [5.74, 6) is 1.56. The zero-order valence-corrected chi connectivity index (χ0v) is 11.6. The van der Waals surface area contributed by atoms with Crippen molar-refractivity contribution in [1.29, 1.82) is 0 Å². The van der Waals surface area contributed by atoms with Gasteiger partial charge in [0, 0.05) is 15.8 Å². The van der Waals surface area contributed by atoms with Gasteiger partial charge in [-0.2, -0.15) is 0 Å². The smallest absolute Gasteiger partial charge is 0.169 e. The molecule has 0 aliphatic heterocycles. The first-order chi connectivity index (χ1) is 8.72. The normalized spacial score (nSPS) is 9.89. The van der Waals surface area contributed by atoms with Crippen molar-refractivity contribution in [3.8, 4) is 17.2 Å². The van der Waals surface area contributed by atoms with E-state index in [1.165, 1.54) is 13.2 Å². The highest BCUT2D eigenvalue weighted by molar-refractivity contribution is 14.1. The lowest BCUT2D eigenvalue weighted by atomic mass is 10.3. The molecule has 0 amide bonds. The van der Waals surface area contributed by atoms with E-state index in [2.05, 4.69) is 32.8 Å². The van der Waals surface area contributed by atoms with Crippen molar-refractivity contribution in [2.75, 3.05) is 7.11 Å². The molecule has 18 heavy (non-hydrogen) atoms.